The van der Waals surface area contributed by atoms with E-state index in [1.54, 1.807) is 13.0 Å². The third-order valence-electron chi connectivity index (χ3n) is 2.59. The predicted octanol–water partition coefficient (Wildman–Crippen LogP) is 4.60. The molecule has 0 radical (unpaired) electrons. The van der Waals surface area contributed by atoms with Crippen molar-refractivity contribution in [2.45, 2.75) is 6.92 Å². The number of benzene rings is 2. The van der Waals surface area contributed by atoms with Gasteiger partial charge in [0, 0.05) is 12.1 Å². The third-order valence-corrected chi connectivity index (χ3v) is 3.20. The van der Waals surface area contributed by atoms with Crippen LogP contribution in [0.15, 0.2) is 36.4 Å². The molecule has 0 aromatic heterocycles. The highest BCUT2D eigenvalue weighted by Gasteiger charge is 2.17. The Labute approximate surface area is 146 Å². The number of phenolic OH excluding ortho intramolecular Hbond substituents is 1. The maximum absolute atomic E-state index is 10.5. The summed E-state index contributed by atoms with van der Waals surface area (Å²) in [7, 11) is 0. The SMILES string of the molecule is CCOc1c(Cl)cccc1[N+](=O)[O-].O=[N+]([O-])c1cccc(Cl)c1O. The Balaban J connectivity index is 0.000000243. The van der Waals surface area contributed by atoms with E-state index in [1.807, 2.05) is 0 Å². The summed E-state index contributed by atoms with van der Waals surface area (Å²) in [5.74, 6) is -0.351. The molecule has 0 heterocycles. The van der Waals surface area contributed by atoms with Crippen LogP contribution in [0.5, 0.6) is 11.5 Å². The van der Waals surface area contributed by atoms with Gasteiger partial charge in [-0.15, -0.1) is 0 Å². The van der Waals surface area contributed by atoms with Gasteiger partial charge in [0.15, 0.2) is 0 Å². The van der Waals surface area contributed by atoms with Crippen molar-refractivity contribution in [3.05, 3.63) is 66.7 Å². The van der Waals surface area contributed by atoms with Crippen molar-refractivity contribution >= 4 is 34.6 Å². The molecule has 0 aliphatic heterocycles. The number of aromatic hydroxyl groups is 1. The number of ether oxygens (including phenoxy) is 1. The van der Waals surface area contributed by atoms with Gasteiger partial charge in [-0.3, -0.25) is 20.2 Å². The van der Waals surface area contributed by atoms with Crippen LogP contribution >= 0.6 is 23.2 Å². The number of phenols is 1. The van der Waals surface area contributed by atoms with Crippen LogP contribution in [0.2, 0.25) is 10.0 Å². The maximum Gasteiger partial charge on any atom is 0.312 e. The van der Waals surface area contributed by atoms with E-state index in [0.29, 0.717) is 6.61 Å². The molecule has 10 heteroatoms. The van der Waals surface area contributed by atoms with Crippen molar-refractivity contribution in [3.63, 3.8) is 0 Å². The molecule has 0 spiro atoms. The summed E-state index contributed by atoms with van der Waals surface area (Å²) in [5, 5.41) is 29.9. The van der Waals surface area contributed by atoms with Crippen molar-refractivity contribution in [2.24, 2.45) is 0 Å². The Morgan fingerprint density at radius 2 is 1.50 bits per heavy atom. The first-order valence-corrected chi connectivity index (χ1v) is 7.22. The number of hydrogen-bond acceptors (Lipinski definition) is 6. The monoisotopic (exact) mass is 374 g/mol. The standard InChI is InChI=1S/C8H8ClNO3.C6H4ClNO3/c1-2-13-8-6(9)4-3-5-7(8)10(11)12;7-4-2-1-3-5(6(4)9)8(10)11/h3-5H,2H2,1H3;1-3,9H. The highest BCUT2D eigenvalue weighted by atomic mass is 35.5. The predicted molar refractivity (Wildman–Crippen MR) is 89.0 cm³/mol. The lowest BCUT2D eigenvalue weighted by molar-refractivity contribution is -0.386. The van der Waals surface area contributed by atoms with Gasteiger partial charge in [0.05, 0.1) is 26.5 Å². The van der Waals surface area contributed by atoms with E-state index in [4.69, 9.17) is 33.0 Å². The van der Waals surface area contributed by atoms with Crippen LogP contribution in [0.4, 0.5) is 11.4 Å². The quantitative estimate of drug-likeness (QED) is 0.617. The number of nitro groups is 2. The van der Waals surface area contributed by atoms with Gasteiger partial charge in [-0.2, -0.15) is 0 Å². The second-order valence-corrected chi connectivity index (χ2v) is 4.96. The van der Waals surface area contributed by atoms with E-state index >= 15 is 0 Å². The molecular weight excluding hydrogens is 363 g/mol. The molecule has 0 fully saturated rings. The highest BCUT2D eigenvalue weighted by molar-refractivity contribution is 6.32. The first-order chi connectivity index (χ1) is 11.3. The molecule has 8 nitrogen and oxygen atoms in total. The summed E-state index contributed by atoms with van der Waals surface area (Å²) < 4.78 is 5.06. The minimum absolute atomic E-state index is 0.0146. The lowest BCUT2D eigenvalue weighted by atomic mass is 10.3. The van der Waals surface area contributed by atoms with Gasteiger partial charge in [0.1, 0.15) is 0 Å². The Morgan fingerprint density at radius 3 is 1.96 bits per heavy atom. The van der Waals surface area contributed by atoms with E-state index in [0.717, 1.165) is 0 Å². The van der Waals surface area contributed by atoms with Crippen LogP contribution in [-0.4, -0.2) is 21.6 Å². The smallest absolute Gasteiger partial charge is 0.312 e. The molecule has 2 aromatic rings. The number of hydrogen-bond donors (Lipinski definition) is 1. The minimum atomic E-state index is -0.693. The van der Waals surface area contributed by atoms with Crippen LogP contribution in [0.25, 0.3) is 0 Å². The van der Waals surface area contributed by atoms with Crippen LogP contribution in [0.1, 0.15) is 6.92 Å². The average molecular weight is 375 g/mol. The van der Waals surface area contributed by atoms with E-state index in [2.05, 4.69) is 0 Å². The zero-order chi connectivity index (χ0) is 18.3. The molecule has 0 amide bonds. The van der Waals surface area contributed by atoms with E-state index in [-0.39, 0.29) is 27.2 Å². The van der Waals surface area contributed by atoms with Gasteiger partial charge < -0.3 is 9.84 Å². The van der Waals surface area contributed by atoms with E-state index in [9.17, 15) is 20.2 Å². The number of para-hydroxylation sites is 2. The molecule has 0 aliphatic carbocycles. The van der Waals surface area contributed by atoms with Crippen molar-refractivity contribution < 1.29 is 19.7 Å². The molecule has 2 aromatic carbocycles. The zero-order valence-electron chi connectivity index (χ0n) is 12.3. The summed E-state index contributed by atoms with van der Waals surface area (Å²) in [4.78, 5) is 19.5. The molecule has 2 rings (SSSR count). The molecule has 0 unspecified atom stereocenters. The molecule has 0 saturated heterocycles. The zero-order valence-corrected chi connectivity index (χ0v) is 13.8. The first kappa shape index (κ1) is 19.5. The van der Waals surface area contributed by atoms with Gasteiger partial charge in [0.25, 0.3) is 0 Å². The third kappa shape index (κ3) is 4.97. The van der Waals surface area contributed by atoms with Crippen molar-refractivity contribution in [1.29, 1.82) is 0 Å². The molecule has 0 bridgehead atoms. The maximum atomic E-state index is 10.5. The Bertz CT molecular complexity index is 754. The van der Waals surface area contributed by atoms with Crippen LogP contribution in [0, 0.1) is 20.2 Å². The topological polar surface area (TPSA) is 116 Å². The molecular formula is C14H12Cl2N2O6. The van der Waals surface area contributed by atoms with Crippen LogP contribution < -0.4 is 4.74 Å². The summed E-state index contributed by atoms with van der Waals surface area (Å²) in [5.41, 5.74) is -0.480. The van der Waals surface area contributed by atoms with Crippen molar-refractivity contribution in [2.75, 3.05) is 6.61 Å². The second kappa shape index (κ2) is 8.90. The normalized spacial score (nSPS) is 9.62. The van der Waals surface area contributed by atoms with Crippen LogP contribution in [-0.2, 0) is 0 Å². The largest absolute Gasteiger partial charge is 0.501 e. The lowest BCUT2D eigenvalue weighted by Gasteiger charge is -2.04. The van der Waals surface area contributed by atoms with E-state index in [1.165, 1.54) is 30.3 Å². The summed E-state index contributed by atoms with van der Waals surface area (Å²) >= 11 is 11.1. The average Bonchev–Trinajstić information content (AvgIpc) is 2.52. The first-order valence-electron chi connectivity index (χ1n) is 6.47. The van der Waals surface area contributed by atoms with Gasteiger partial charge in [-0.1, -0.05) is 35.3 Å². The fourth-order valence-electron chi connectivity index (χ4n) is 1.58. The molecule has 0 saturated carbocycles. The Morgan fingerprint density at radius 1 is 1.00 bits per heavy atom. The molecule has 24 heavy (non-hydrogen) atoms. The molecule has 1 N–H and O–H groups in total. The van der Waals surface area contributed by atoms with Crippen LogP contribution in [0.3, 0.4) is 0 Å². The van der Waals surface area contributed by atoms with Gasteiger partial charge in [0.2, 0.25) is 11.5 Å². The number of nitro benzene ring substituents is 2. The van der Waals surface area contributed by atoms with Crippen molar-refractivity contribution in [1.82, 2.24) is 0 Å². The number of nitrogens with zero attached hydrogens (tertiary/aromatic N) is 2. The highest BCUT2D eigenvalue weighted by Crippen LogP contribution is 2.34. The number of rotatable bonds is 4. The Hall–Kier alpha value is -2.58. The fraction of sp³-hybridized carbons (Fsp3) is 0.143. The lowest BCUT2D eigenvalue weighted by Crippen LogP contribution is -1.97. The molecule has 0 aliphatic rings. The van der Waals surface area contributed by atoms with Gasteiger partial charge in [-0.25, -0.2) is 0 Å². The molecule has 128 valence electrons. The fourth-order valence-corrected chi connectivity index (χ4v) is 1.97. The molecule has 0 atom stereocenters. The summed E-state index contributed by atoms with van der Waals surface area (Å²) in [6, 6.07) is 8.39. The number of halogens is 2. The summed E-state index contributed by atoms with van der Waals surface area (Å²) in [6.45, 7) is 2.09. The van der Waals surface area contributed by atoms with Crippen molar-refractivity contribution in [3.8, 4) is 11.5 Å². The van der Waals surface area contributed by atoms with Gasteiger partial charge in [-0.05, 0) is 19.1 Å². The second-order valence-electron chi connectivity index (χ2n) is 4.14. The summed E-state index contributed by atoms with van der Waals surface area (Å²) in [6.07, 6.45) is 0. The Kier molecular flexibility index (Phi) is 7.22. The van der Waals surface area contributed by atoms with E-state index < -0.39 is 15.6 Å². The van der Waals surface area contributed by atoms with Gasteiger partial charge >= 0.3 is 11.4 Å². The minimum Gasteiger partial charge on any atom is -0.501 e.